The van der Waals surface area contributed by atoms with Crippen LogP contribution in [0.4, 0.5) is 4.79 Å². The van der Waals surface area contributed by atoms with Crippen LogP contribution in [-0.4, -0.2) is 20.7 Å². The van der Waals surface area contributed by atoms with Crippen LogP contribution in [0, 0.1) is 6.92 Å². The Morgan fingerprint density at radius 3 is 2.28 bits per heavy atom. The van der Waals surface area contributed by atoms with E-state index in [1.165, 1.54) is 30.5 Å². The van der Waals surface area contributed by atoms with Crippen LogP contribution in [0.15, 0.2) is 46.4 Å². The lowest BCUT2D eigenvalue weighted by Gasteiger charge is -2.11. The molecule has 25 heavy (non-hydrogen) atoms. The maximum atomic E-state index is 12.3. The average Bonchev–Trinajstić information content (AvgIpc) is 2.51. The molecule has 0 aromatic heterocycles. The molecule has 0 fully saturated rings. The van der Waals surface area contributed by atoms with Crippen molar-refractivity contribution >= 4 is 45.6 Å². The van der Waals surface area contributed by atoms with E-state index in [1.54, 1.807) is 12.1 Å². The topological polar surface area (TPSA) is 111 Å². The third-order valence-electron chi connectivity index (χ3n) is 2.91. The SMILES string of the molecule is Cc1ccc(S(=O)(=O)Oc2c(Cl)cc(/C=N\NC(N)=O)cc2Cl)cc1. The summed E-state index contributed by atoms with van der Waals surface area (Å²) >= 11 is 12.1. The van der Waals surface area contributed by atoms with Crippen LogP contribution in [0.1, 0.15) is 11.1 Å². The van der Waals surface area contributed by atoms with E-state index in [-0.39, 0.29) is 20.7 Å². The Labute approximate surface area is 154 Å². The highest BCUT2D eigenvalue weighted by atomic mass is 35.5. The average molecular weight is 402 g/mol. The third-order valence-corrected chi connectivity index (χ3v) is 4.71. The van der Waals surface area contributed by atoms with E-state index in [1.807, 2.05) is 12.3 Å². The van der Waals surface area contributed by atoms with Crippen LogP contribution < -0.4 is 15.3 Å². The van der Waals surface area contributed by atoms with Gasteiger partial charge < -0.3 is 9.92 Å². The Morgan fingerprint density at radius 1 is 1.20 bits per heavy atom. The molecule has 0 saturated carbocycles. The number of benzene rings is 2. The molecule has 0 aliphatic heterocycles. The van der Waals surface area contributed by atoms with Crippen LogP contribution in [0.2, 0.25) is 10.0 Å². The van der Waals surface area contributed by atoms with Gasteiger partial charge in [-0.3, -0.25) is 0 Å². The van der Waals surface area contributed by atoms with E-state index >= 15 is 0 Å². The Morgan fingerprint density at radius 2 is 1.76 bits per heavy atom. The Hall–Kier alpha value is -2.29. The van der Waals surface area contributed by atoms with Crippen LogP contribution >= 0.6 is 23.2 Å². The predicted octanol–water partition coefficient (Wildman–Crippen LogP) is 3.07. The Balaban J connectivity index is 2.29. The van der Waals surface area contributed by atoms with Gasteiger partial charge in [0.2, 0.25) is 0 Å². The van der Waals surface area contributed by atoms with Crippen molar-refractivity contribution in [2.45, 2.75) is 11.8 Å². The smallest absolute Gasteiger partial charge is 0.339 e. The number of hydrogen-bond donors (Lipinski definition) is 2. The van der Waals surface area contributed by atoms with E-state index in [0.717, 1.165) is 5.56 Å². The number of urea groups is 1. The summed E-state index contributed by atoms with van der Waals surface area (Å²) in [6.45, 7) is 1.83. The molecule has 2 aromatic carbocycles. The zero-order valence-electron chi connectivity index (χ0n) is 12.9. The zero-order valence-corrected chi connectivity index (χ0v) is 15.2. The number of amides is 2. The first-order valence-electron chi connectivity index (χ1n) is 6.78. The summed E-state index contributed by atoms with van der Waals surface area (Å²) in [5.74, 6) is -0.205. The highest BCUT2D eigenvalue weighted by Crippen LogP contribution is 2.35. The largest absolute Gasteiger partial charge is 0.376 e. The molecule has 0 aliphatic carbocycles. The Bertz CT molecular complexity index is 905. The summed E-state index contributed by atoms with van der Waals surface area (Å²) in [6.07, 6.45) is 1.24. The first-order chi connectivity index (χ1) is 11.7. The van der Waals surface area contributed by atoms with Gasteiger partial charge >= 0.3 is 16.1 Å². The number of carbonyl (C=O) groups is 1. The number of nitrogens with two attached hydrogens (primary N) is 1. The van der Waals surface area contributed by atoms with Crippen LogP contribution in [0.3, 0.4) is 0 Å². The van der Waals surface area contributed by atoms with Crippen molar-refractivity contribution in [2.75, 3.05) is 0 Å². The maximum Gasteiger partial charge on any atom is 0.339 e. The molecular formula is C15H13Cl2N3O4S. The van der Waals surface area contributed by atoms with Gasteiger partial charge in [-0.2, -0.15) is 13.5 Å². The molecule has 10 heteroatoms. The first kappa shape index (κ1) is 19.0. The molecule has 2 rings (SSSR count). The molecule has 0 aliphatic rings. The first-order valence-corrected chi connectivity index (χ1v) is 8.94. The third kappa shape index (κ3) is 5.09. The van der Waals surface area contributed by atoms with Gasteiger partial charge in [-0.25, -0.2) is 10.2 Å². The molecule has 2 aromatic rings. The van der Waals surface area contributed by atoms with Gasteiger partial charge in [0.25, 0.3) is 0 Å². The second kappa shape index (κ2) is 7.73. The second-order valence-corrected chi connectivity index (χ2v) is 7.26. The monoisotopic (exact) mass is 401 g/mol. The normalized spacial score (nSPS) is 11.5. The van der Waals surface area contributed by atoms with E-state index in [4.69, 9.17) is 33.1 Å². The molecule has 0 bridgehead atoms. The van der Waals surface area contributed by atoms with Gasteiger partial charge in [-0.1, -0.05) is 40.9 Å². The standard InChI is InChI=1S/C15H13Cl2N3O4S/c1-9-2-4-11(5-3-9)25(22,23)24-14-12(16)6-10(7-13(14)17)8-19-20-15(18)21/h2-8H,1H3,(H3,18,20,21)/b19-8-. The number of rotatable bonds is 5. The van der Waals surface area contributed by atoms with Crippen molar-refractivity contribution in [3.8, 4) is 5.75 Å². The molecule has 7 nitrogen and oxygen atoms in total. The summed E-state index contributed by atoms with van der Waals surface area (Å²) in [7, 11) is -4.09. The molecule has 0 spiro atoms. The lowest BCUT2D eigenvalue weighted by molar-refractivity contribution is 0.249. The molecule has 0 heterocycles. The highest BCUT2D eigenvalue weighted by Gasteiger charge is 2.20. The van der Waals surface area contributed by atoms with E-state index in [9.17, 15) is 13.2 Å². The van der Waals surface area contributed by atoms with E-state index < -0.39 is 16.1 Å². The number of nitrogens with zero attached hydrogens (tertiary/aromatic N) is 1. The van der Waals surface area contributed by atoms with Crippen molar-refractivity contribution in [1.82, 2.24) is 5.43 Å². The number of halogens is 2. The van der Waals surface area contributed by atoms with Gasteiger partial charge in [-0.05, 0) is 36.8 Å². The quantitative estimate of drug-likeness (QED) is 0.455. The number of hydrazone groups is 1. The fourth-order valence-corrected chi connectivity index (χ4v) is 3.40. The minimum absolute atomic E-state index is 0.0264. The molecule has 132 valence electrons. The van der Waals surface area contributed by atoms with Gasteiger partial charge in [0.15, 0.2) is 5.75 Å². The minimum atomic E-state index is -4.09. The van der Waals surface area contributed by atoms with Crippen LogP contribution in [0.5, 0.6) is 5.75 Å². The zero-order chi connectivity index (χ0) is 18.6. The van der Waals surface area contributed by atoms with E-state index in [0.29, 0.717) is 5.56 Å². The van der Waals surface area contributed by atoms with Gasteiger partial charge in [0.1, 0.15) is 4.90 Å². The number of primary amides is 1. The molecular weight excluding hydrogens is 389 g/mol. The van der Waals surface area contributed by atoms with Gasteiger partial charge in [-0.15, -0.1) is 0 Å². The second-order valence-electron chi connectivity index (χ2n) is 4.90. The fourth-order valence-electron chi connectivity index (χ4n) is 1.77. The summed E-state index contributed by atoms with van der Waals surface area (Å²) in [4.78, 5) is 10.5. The van der Waals surface area contributed by atoms with Crippen molar-refractivity contribution in [1.29, 1.82) is 0 Å². The highest BCUT2D eigenvalue weighted by molar-refractivity contribution is 7.87. The minimum Gasteiger partial charge on any atom is -0.376 e. The number of hydrogen-bond acceptors (Lipinski definition) is 5. The summed E-state index contributed by atoms with van der Waals surface area (Å²) in [6, 6.07) is 8.04. The number of aryl methyl sites for hydroxylation is 1. The lowest BCUT2D eigenvalue weighted by Crippen LogP contribution is -2.24. The summed E-state index contributed by atoms with van der Waals surface area (Å²) in [5.41, 5.74) is 8.19. The van der Waals surface area contributed by atoms with Gasteiger partial charge in [0.05, 0.1) is 16.3 Å². The van der Waals surface area contributed by atoms with Crippen molar-refractivity contribution in [2.24, 2.45) is 10.8 Å². The number of carbonyl (C=O) groups excluding carboxylic acids is 1. The molecule has 0 unspecified atom stereocenters. The molecule has 2 amide bonds. The van der Waals surface area contributed by atoms with Crippen molar-refractivity contribution in [3.05, 3.63) is 57.6 Å². The van der Waals surface area contributed by atoms with E-state index in [2.05, 4.69) is 5.10 Å². The molecule has 0 atom stereocenters. The molecule has 3 N–H and O–H groups in total. The van der Waals surface area contributed by atoms with Crippen LogP contribution in [-0.2, 0) is 10.1 Å². The van der Waals surface area contributed by atoms with Crippen LogP contribution in [0.25, 0.3) is 0 Å². The van der Waals surface area contributed by atoms with Crippen molar-refractivity contribution in [3.63, 3.8) is 0 Å². The Kier molecular flexibility index (Phi) is 5.89. The fraction of sp³-hybridized carbons (Fsp3) is 0.0667. The lowest BCUT2D eigenvalue weighted by atomic mass is 10.2. The number of nitrogens with one attached hydrogen (secondary N) is 1. The summed E-state index contributed by atoms with van der Waals surface area (Å²) in [5, 5.41) is 3.48. The molecule has 0 saturated heterocycles. The van der Waals surface area contributed by atoms with Crippen molar-refractivity contribution < 1.29 is 17.4 Å². The molecule has 0 radical (unpaired) electrons. The summed E-state index contributed by atoms with van der Waals surface area (Å²) < 4.78 is 29.7. The predicted molar refractivity (Wildman–Crippen MR) is 95.8 cm³/mol. The van der Waals surface area contributed by atoms with Gasteiger partial charge in [0, 0.05) is 0 Å². The maximum absolute atomic E-state index is 12.3.